The molecule has 21 heavy (non-hydrogen) atoms. The number of amides is 3. The summed E-state index contributed by atoms with van der Waals surface area (Å²) >= 11 is 0. The topological polar surface area (TPSA) is 61.4 Å². The molecule has 2 N–H and O–H groups in total. The zero-order valence-corrected chi connectivity index (χ0v) is 12.8. The second-order valence-electron chi connectivity index (χ2n) is 5.80. The van der Waals surface area contributed by atoms with E-state index in [-0.39, 0.29) is 23.9 Å². The van der Waals surface area contributed by atoms with Crippen molar-refractivity contribution in [3.63, 3.8) is 0 Å². The van der Waals surface area contributed by atoms with Crippen LogP contribution in [0.1, 0.15) is 30.9 Å². The van der Waals surface area contributed by atoms with Crippen molar-refractivity contribution >= 4 is 11.9 Å². The molecule has 1 heterocycles. The van der Waals surface area contributed by atoms with E-state index < -0.39 is 0 Å². The maximum absolute atomic E-state index is 12.0. The van der Waals surface area contributed by atoms with Crippen LogP contribution in [-0.4, -0.2) is 42.5 Å². The van der Waals surface area contributed by atoms with Gasteiger partial charge in [-0.2, -0.15) is 0 Å². The quantitative estimate of drug-likeness (QED) is 0.885. The Hall–Kier alpha value is -2.04. The van der Waals surface area contributed by atoms with Gasteiger partial charge in [0.05, 0.1) is 6.04 Å². The van der Waals surface area contributed by atoms with Gasteiger partial charge in [-0.3, -0.25) is 4.79 Å². The van der Waals surface area contributed by atoms with Crippen LogP contribution in [0.5, 0.6) is 0 Å². The first kappa shape index (κ1) is 15.4. The molecule has 0 aromatic heterocycles. The first-order valence-corrected chi connectivity index (χ1v) is 7.32. The summed E-state index contributed by atoms with van der Waals surface area (Å²) in [5, 5.41) is 5.75. The molecule has 114 valence electrons. The monoisotopic (exact) mass is 289 g/mol. The van der Waals surface area contributed by atoms with Crippen molar-refractivity contribution in [2.24, 2.45) is 0 Å². The van der Waals surface area contributed by atoms with Gasteiger partial charge in [-0.15, -0.1) is 0 Å². The van der Waals surface area contributed by atoms with E-state index in [1.165, 1.54) is 18.1 Å². The van der Waals surface area contributed by atoms with Crippen molar-refractivity contribution in [3.8, 4) is 0 Å². The van der Waals surface area contributed by atoms with Gasteiger partial charge in [0.2, 0.25) is 5.91 Å². The Kier molecular flexibility index (Phi) is 4.83. The number of nitrogens with zero attached hydrogens (tertiary/aromatic N) is 1. The Bertz CT molecular complexity index is 524. The Labute approximate surface area is 125 Å². The van der Waals surface area contributed by atoms with Crippen molar-refractivity contribution < 1.29 is 9.59 Å². The van der Waals surface area contributed by atoms with Gasteiger partial charge >= 0.3 is 6.03 Å². The Morgan fingerprint density at radius 2 is 2.10 bits per heavy atom. The maximum atomic E-state index is 12.0. The largest absolute Gasteiger partial charge is 0.350 e. The predicted octanol–water partition coefficient (Wildman–Crippen LogP) is 1.63. The highest BCUT2D eigenvalue weighted by Crippen LogP contribution is 2.16. The van der Waals surface area contributed by atoms with Crippen LogP contribution in [0.2, 0.25) is 0 Å². The molecule has 1 atom stereocenters. The van der Waals surface area contributed by atoms with Crippen LogP contribution in [0.3, 0.4) is 0 Å². The van der Waals surface area contributed by atoms with E-state index in [0.717, 1.165) is 0 Å². The van der Waals surface area contributed by atoms with Crippen LogP contribution in [0, 0.1) is 6.92 Å². The summed E-state index contributed by atoms with van der Waals surface area (Å²) < 4.78 is 0. The molecule has 2 rings (SSSR count). The normalized spacial score (nSPS) is 16.0. The smallest absolute Gasteiger partial charge is 0.317 e. The second kappa shape index (κ2) is 6.61. The van der Waals surface area contributed by atoms with Gasteiger partial charge < -0.3 is 15.5 Å². The summed E-state index contributed by atoms with van der Waals surface area (Å²) in [7, 11) is 0. The molecule has 1 saturated heterocycles. The summed E-state index contributed by atoms with van der Waals surface area (Å²) in [6.07, 6.45) is 0. The van der Waals surface area contributed by atoms with E-state index in [1.807, 2.05) is 6.07 Å². The minimum Gasteiger partial charge on any atom is -0.350 e. The molecule has 5 nitrogen and oxygen atoms in total. The number of hydrogen-bond donors (Lipinski definition) is 2. The fourth-order valence-electron chi connectivity index (χ4n) is 2.47. The minimum absolute atomic E-state index is 0.0480. The zero-order valence-electron chi connectivity index (χ0n) is 12.8. The predicted molar refractivity (Wildman–Crippen MR) is 82.2 cm³/mol. The summed E-state index contributed by atoms with van der Waals surface area (Å²) in [6, 6.07) is 8.37. The molecule has 1 aliphatic heterocycles. The molecule has 3 amide bonds. The molecule has 0 radical (unpaired) electrons. The molecule has 1 aromatic carbocycles. The third kappa shape index (κ3) is 4.21. The number of benzene rings is 1. The average Bonchev–Trinajstić information content (AvgIpc) is 2.39. The number of nitrogens with one attached hydrogen (secondary N) is 2. The molecule has 0 unspecified atom stereocenters. The van der Waals surface area contributed by atoms with Crippen LogP contribution in [0.4, 0.5) is 4.79 Å². The molecule has 0 aliphatic carbocycles. The highest BCUT2D eigenvalue weighted by Gasteiger charge is 2.30. The third-order valence-electron chi connectivity index (χ3n) is 3.75. The Morgan fingerprint density at radius 3 is 2.71 bits per heavy atom. The van der Waals surface area contributed by atoms with Crippen LogP contribution in [0.25, 0.3) is 0 Å². The van der Waals surface area contributed by atoms with Gasteiger partial charge in [0.25, 0.3) is 0 Å². The summed E-state index contributed by atoms with van der Waals surface area (Å²) in [5.41, 5.74) is 2.46. The fraction of sp³-hybridized carbons (Fsp3) is 0.500. The number of urea groups is 1. The second-order valence-corrected chi connectivity index (χ2v) is 5.80. The van der Waals surface area contributed by atoms with E-state index in [2.05, 4.69) is 42.7 Å². The highest BCUT2D eigenvalue weighted by molar-refractivity contribution is 5.77. The van der Waals surface area contributed by atoms with E-state index in [0.29, 0.717) is 19.6 Å². The lowest BCUT2D eigenvalue weighted by Gasteiger charge is -2.39. The molecule has 1 aliphatic rings. The fourth-order valence-corrected chi connectivity index (χ4v) is 2.47. The van der Waals surface area contributed by atoms with Gasteiger partial charge in [-0.05, 0) is 18.4 Å². The highest BCUT2D eigenvalue weighted by atomic mass is 16.2. The van der Waals surface area contributed by atoms with Gasteiger partial charge in [-0.25, -0.2) is 4.79 Å². The number of hydrogen-bond acceptors (Lipinski definition) is 2. The number of rotatable bonds is 4. The van der Waals surface area contributed by atoms with Crippen LogP contribution >= 0.6 is 0 Å². The van der Waals surface area contributed by atoms with Crippen LogP contribution < -0.4 is 10.6 Å². The molecular formula is C16H23N3O2. The van der Waals surface area contributed by atoms with Crippen molar-refractivity contribution in [1.29, 1.82) is 0 Å². The van der Waals surface area contributed by atoms with Gasteiger partial charge in [-0.1, -0.05) is 36.8 Å². The van der Waals surface area contributed by atoms with Crippen molar-refractivity contribution in [2.45, 2.75) is 32.7 Å². The van der Waals surface area contributed by atoms with Crippen LogP contribution in [-0.2, 0) is 4.79 Å². The molecule has 0 spiro atoms. The van der Waals surface area contributed by atoms with Crippen molar-refractivity contribution in [3.05, 3.63) is 35.4 Å². The number of carbonyl (C=O) groups excluding carboxylic acids is 2. The molecule has 1 fully saturated rings. The van der Waals surface area contributed by atoms with E-state index in [1.54, 1.807) is 4.90 Å². The molecule has 5 heteroatoms. The summed E-state index contributed by atoms with van der Waals surface area (Å²) in [6.45, 7) is 7.45. The van der Waals surface area contributed by atoms with Gasteiger partial charge in [0.15, 0.2) is 0 Å². The number of aryl methyl sites for hydroxylation is 1. The SMILES string of the molecule is CC(=O)NC1CN(C(=O)NC[C@H](C)c2cccc(C)c2)C1. The minimum atomic E-state index is -0.0592. The lowest BCUT2D eigenvalue weighted by Crippen LogP contribution is -2.62. The maximum Gasteiger partial charge on any atom is 0.317 e. The standard InChI is InChI=1S/C16H23N3O2/c1-11-5-4-6-14(7-11)12(2)8-17-16(21)19-9-15(10-19)18-13(3)20/h4-7,12,15H,8-10H2,1-3H3,(H,17,21)(H,18,20)/t12-/m0/s1. The molecular weight excluding hydrogens is 266 g/mol. The number of carbonyl (C=O) groups is 2. The van der Waals surface area contributed by atoms with Crippen LogP contribution in [0.15, 0.2) is 24.3 Å². The van der Waals surface area contributed by atoms with E-state index >= 15 is 0 Å². The van der Waals surface area contributed by atoms with Crippen molar-refractivity contribution in [1.82, 2.24) is 15.5 Å². The molecule has 1 aromatic rings. The lowest BCUT2D eigenvalue weighted by molar-refractivity contribution is -0.120. The molecule has 0 bridgehead atoms. The van der Waals surface area contributed by atoms with E-state index in [4.69, 9.17) is 0 Å². The lowest BCUT2D eigenvalue weighted by atomic mass is 9.99. The average molecular weight is 289 g/mol. The number of likely N-dealkylation sites (tertiary alicyclic amines) is 1. The zero-order chi connectivity index (χ0) is 15.4. The van der Waals surface area contributed by atoms with Gasteiger partial charge in [0.1, 0.15) is 0 Å². The Balaban J connectivity index is 1.74. The van der Waals surface area contributed by atoms with E-state index in [9.17, 15) is 9.59 Å². The van der Waals surface area contributed by atoms with Gasteiger partial charge in [0, 0.05) is 26.6 Å². The summed E-state index contributed by atoms with van der Waals surface area (Å²) in [4.78, 5) is 24.6. The summed E-state index contributed by atoms with van der Waals surface area (Å²) in [5.74, 6) is 0.231. The first-order chi connectivity index (χ1) is 9.95. The third-order valence-corrected chi connectivity index (χ3v) is 3.75. The first-order valence-electron chi connectivity index (χ1n) is 7.32. The van der Waals surface area contributed by atoms with Crippen molar-refractivity contribution in [2.75, 3.05) is 19.6 Å². The molecule has 0 saturated carbocycles. The Morgan fingerprint density at radius 1 is 1.38 bits per heavy atom.